The van der Waals surface area contributed by atoms with Gasteiger partial charge in [-0.1, -0.05) is 18.2 Å². The lowest BCUT2D eigenvalue weighted by Crippen LogP contribution is -2.14. The predicted octanol–water partition coefficient (Wildman–Crippen LogP) is 0.297. The Morgan fingerprint density at radius 1 is 1.42 bits per heavy atom. The minimum atomic E-state index is -0.421. The van der Waals surface area contributed by atoms with E-state index < -0.39 is 5.91 Å². The molecular weight excluding hydrogens is 152 g/mol. The van der Waals surface area contributed by atoms with Gasteiger partial charge in [-0.15, -0.1) is 0 Å². The van der Waals surface area contributed by atoms with Gasteiger partial charge in [-0.05, 0) is 18.2 Å². The summed E-state index contributed by atoms with van der Waals surface area (Å²) in [5, 5.41) is 0. The molecular formula is C9H11N2O. The number of carbonyl (C=O) groups is 1. The lowest BCUT2D eigenvalue weighted by atomic mass is 10.0. The lowest BCUT2D eigenvalue weighted by molar-refractivity contribution is 0.1000. The van der Waals surface area contributed by atoms with Crippen LogP contribution in [0.25, 0.3) is 0 Å². The Hall–Kier alpha value is -1.35. The molecule has 1 aromatic carbocycles. The number of hydrogen-bond donors (Lipinski definition) is 2. The molecule has 3 nitrogen and oxygen atoms in total. The van der Waals surface area contributed by atoms with Crippen LogP contribution < -0.4 is 11.5 Å². The summed E-state index contributed by atoms with van der Waals surface area (Å²) in [4.78, 5) is 10.9. The van der Waals surface area contributed by atoms with Crippen LogP contribution in [-0.2, 0) is 0 Å². The van der Waals surface area contributed by atoms with Crippen molar-refractivity contribution >= 4 is 5.91 Å². The summed E-state index contributed by atoms with van der Waals surface area (Å²) in [6.45, 7) is 0.407. The maximum absolute atomic E-state index is 10.9. The third-order valence-corrected chi connectivity index (χ3v) is 1.56. The average molecular weight is 163 g/mol. The standard InChI is InChI=1S/C9H11N2O/c10-6-5-7-3-1-2-4-8(7)9(11)12/h1-5H,6,10H2,(H2,11,12). The van der Waals surface area contributed by atoms with Crippen molar-refractivity contribution in [2.24, 2.45) is 11.5 Å². The molecule has 0 unspecified atom stereocenters. The predicted molar refractivity (Wildman–Crippen MR) is 47.4 cm³/mol. The normalized spacial score (nSPS) is 9.75. The van der Waals surface area contributed by atoms with Gasteiger partial charge in [0.2, 0.25) is 5.91 Å². The van der Waals surface area contributed by atoms with E-state index in [0.717, 1.165) is 5.56 Å². The van der Waals surface area contributed by atoms with Crippen molar-refractivity contribution in [3.8, 4) is 0 Å². The van der Waals surface area contributed by atoms with Crippen LogP contribution in [0.15, 0.2) is 24.3 Å². The zero-order valence-corrected chi connectivity index (χ0v) is 6.66. The topological polar surface area (TPSA) is 69.1 Å². The molecule has 1 amide bonds. The van der Waals surface area contributed by atoms with Crippen molar-refractivity contribution in [1.29, 1.82) is 0 Å². The number of nitrogens with two attached hydrogens (primary N) is 2. The molecule has 1 rings (SSSR count). The number of benzene rings is 1. The highest BCUT2D eigenvalue weighted by Gasteiger charge is 2.05. The number of amides is 1. The molecule has 0 aliphatic carbocycles. The first kappa shape index (κ1) is 8.74. The molecule has 0 heterocycles. The zero-order chi connectivity index (χ0) is 8.97. The fourth-order valence-corrected chi connectivity index (χ4v) is 1.03. The van der Waals surface area contributed by atoms with Crippen molar-refractivity contribution in [1.82, 2.24) is 0 Å². The third kappa shape index (κ3) is 1.83. The molecule has 1 radical (unpaired) electrons. The third-order valence-electron chi connectivity index (χ3n) is 1.56. The van der Waals surface area contributed by atoms with Crippen molar-refractivity contribution in [2.45, 2.75) is 0 Å². The molecule has 0 saturated heterocycles. The molecule has 1 aromatic rings. The van der Waals surface area contributed by atoms with Crippen molar-refractivity contribution in [3.63, 3.8) is 0 Å². The monoisotopic (exact) mass is 163 g/mol. The largest absolute Gasteiger partial charge is 0.366 e. The highest BCUT2D eigenvalue weighted by atomic mass is 16.1. The molecule has 4 N–H and O–H groups in total. The molecule has 0 aliphatic rings. The maximum Gasteiger partial charge on any atom is 0.248 e. The van der Waals surface area contributed by atoms with Gasteiger partial charge in [-0.25, -0.2) is 0 Å². The van der Waals surface area contributed by atoms with Gasteiger partial charge in [-0.2, -0.15) is 0 Å². The fraction of sp³-hybridized carbons (Fsp3) is 0.111. The van der Waals surface area contributed by atoms with Gasteiger partial charge in [-0.3, -0.25) is 4.79 Å². The molecule has 0 fully saturated rings. The maximum atomic E-state index is 10.9. The van der Waals surface area contributed by atoms with Gasteiger partial charge >= 0.3 is 0 Å². The van der Waals surface area contributed by atoms with Crippen LogP contribution >= 0.6 is 0 Å². The summed E-state index contributed by atoms with van der Waals surface area (Å²) in [6, 6.07) is 7.11. The van der Waals surface area contributed by atoms with E-state index in [1.165, 1.54) is 0 Å². The second kappa shape index (κ2) is 3.88. The quantitative estimate of drug-likeness (QED) is 0.672. The Morgan fingerprint density at radius 2 is 2.08 bits per heavy atom. The van der Waals surface area contributed by atoms with Crippen LogP contribution in [0, 0.1) is 6.42 Å². The van der Waals surface area contributed by atoms with Crippen LogP contribution in [0.4, 0.5) is 0 Å². The van der Waals surface area contributed by atoms with Crippen molar-refractivity contribution < 1.29 is 4.79 Å². The Bertz CT molecular complexity index is 284. The molecule has 12 heavy (non-hydrogen) atoms. The molecule has 3 heteroatoms. The van der Waals surface area contributed by atoms with E-state index in [0.29, 0.717) is 12.1 Å². The van der Waals surface area contributed by atoms with Gasteiger partial charge in [0.15, 0.2) is 0 Å². The minimum Gasteiger partial charge on any atom is -0.366 e. The van der Waals surface area contributed by atoms with Crippen molar-refractivity contribution in [2.75, 3.05) is 6.54 Å². The van der Waals surface area contributed by atoms with E-state index in [1.807, 2.05) is 12.1 Å². The number of rotatable bonds is 3. The number of hydrogen-bond acceptors (Lipinski definition) is 2. The van der Waals surface area contributed by atoms with E-state index in [9.17, 15) is 4.79 Å². The van der Waals surface area contributed by atoms with Crippen LogP contribution in [0.2, 0.25) is 0 Å². The molecule has 0 aliphatic heterocycles. The van der Waals surface area contributed by atoms with Gasteiger partial charge in [0.1, 0.15) is 0 Å². The van der Waals surface area contributed by atoms with E-state index >= 15 is 0 Å². The Kier molecular flexibility index (Phi) is 2.82. The van der Waals surface area contributed by atoms with Gasteiger partial charge in [0.25, 0.3) is 0 Å². The minimum absolute atomic E-state index is 0.407. The molecule has 0 atom stereocenters. The Morgan fingerprint density at radius 3 is 2.67 bits per heavy atom. The van der Waals surface area contributed by atoms with Crippen LogP contribution in [-0.4, -0.2) is 12.5 Å². The highest BCUT2D eigenvalue weighted by Crippen LogP contribution is 2.08. The summed E-state index contributed by atoms with van der Waals surface area (Å²) in [5.74, 6) is -0.421. The molecule has 63 valence electrons. The summed E-state index contributed by atoms with van der Waals surface area (Å²) >= 11 is 0. The summed E-state index contributed by atoms with van der Waals surface area (Å²) in [5.41, 5.74) is 11.8. The van der Waals surface area contributed by atoms with Gasteiger partial charge in [0, 0.05) is 12.0 Å². The average Bonchev–Trinajstić information content (AvgIpc) is 2.05. The second-order valence-corrected chi connectivity index (χ2v) is 2.39. The number of primary amides is 1. The molecule has 0 spiro atoms. The fourth-order valence-electron chi connectivity index (χ4n) is 1.03. The second-order valence-electron chi connectivity index (χ2n) is 2.39. The van der Waals surface area contributed by atoms with E-state index in [4.69, 9.17) is 11.5 Å². The van der Waals surface area contributed by atoms with Crippen LogP contribution in [0.3, 0.4) is 0 Å². The van der Waals surface area contributed by atoms with E-state index in [1.54, 1.807) is 18.6 Å². The van der Waals surface area contributed by atoms with Crippen molar-refractivity contribution in [3.05, 3.63) is 41.8 Å². The summed E-state index contributed by atoms with van der Waals surface area (Å²) < 4.78 is 0. The number of carbonyl (C=O) groups excluding carboxylic acids is 1. The first-order valence-corrected chi connectivity index (χ1v) is 3.68. The molecule has 0 aromatic heterocycles. The molecule has 0 bridgehead atoms. The zero-order valence-electron chi connectivity index (χ0n) is 6.66. The Balaban J connectivity index is 3.00. The van der Waals surface area contributed by atoms with E-state index in [2.05, 4.69) is 0 Å². The van der Waals surface area contributed by atoms with Crippen LogP contribution in [0.1, 0.15) is 15.9 Å². The summed E-state index contributed by atoms with van der Waals surface area (Å²) in [6.07, 6.45) is 1.76. The lowest BCUT2D eigenvalue weighted by Gasteiger charge is -2.02. The first-order valence-electron chi connectivity index (χ1n) is 3.68. The highest BCUT2D eigenvalue weighted by molar-refractivity contribution is 5.94. The first-order chi connectivity index (χ1) is 5.75. The smallest absolute Gasteiger partial charge is 0.248 e. The SMILES string of the molecule is NC[CH]c1ccccc1C(N)=O. The van der Waals surface area contributed by atoms with E-state index in [-0.39, 0.29) is 0 Å². The summed E-state index contributed by atoms with van der Waals surface area (Å²) in [7, 11) is 0. The van der Waals surface area contributed by atoms with Gasteiger partial charge < -0.3 is 11.5 Å². The molecule has 0 saturated carbocycles. The van der Waals surface area contributed by atoms with Gasteiger partial charge in [0.05, 0.1) is 0 Å². The van der Waals surface area contributed by atoms with Crippen LogP contribution in [0.5, 0.6) is 0 Å². The Labute approximate surface area is 71.4 Å².